The summed E-state index contributed by atoms with van der Waals surface area (Å²) in [6.07, 6.45) is 5.46. The molecule has 1 aromatic rings. The van der Waals surface area contributed by atoms with Gasteiger partial charge in [-0.1, -0.05) is 25.0 Å². The quantitative estimate of drug-likeness (QED) is 0.384. The normalized spacial score (nSPS) is 10.4. The van der Waals surface area contributed by atoms with Crippen LogP contribution in [0.15, 0.2) is 24.3 Å². The molecule has 0 aliphatic heterocycles. The van der Waals surface area contributed by atoms with Crippen molar-refractivity contribution in [1.29, 1.82) is 0 Å². The highest BCUT2D eigenvalue weighted by Crippen LogP contribution is 2.14. The summed E-state index contributed by atoms with van der Waals surface area (Å²) < 4.78 is 4.45. The number of carbonyl (C=O) groups is 2. The summed E-state index contributed by atoms with van der Waals surface area (Å²) in [5, 5.41) is 9.20. The van der Waals surface area contributed by atoms with E-state index in [-0.39, 0.29) is 12.2 Å². The average Bonchev–Trinajstić information content (AvgIpc) is 2.51. The highest BCUT2D eigenvalue weighted by atomic mass is 32.2. The summed E-state index contributed by atoms with van der Waals surface area (Å²) in [6.45, 7) is 0. The molecule has 4 nitrogen and oxygen atoms in total. The Morgan fingerprint density at radius 1 is 1.09 bits per heavy atom. The third-order valence-corrected chi connectivity index (χ3v) is 4.38. The number of hydrogen-bond donors (Lipinski definition) is 1. The largest absolute Gasteiger partial charge is 0.508 e. The number of aromatic hydroxyl groups is 1. The fraction of sp³-hybridized carbons (Fsp3) is 0.529. The maximum Gasteiger partial charge on any atom is 0.313 e. The van der Waals surface area contributed by atoms with Gasteiger partial charge in [-0.05, 0) is 42.7 Å². The van der Waals surface area contributed by atoms with Crippen molar-refractivity contribution in [3.63, 3.8) is 0 Å². The van der Waals surface area contributed by atoms with Gasteiger partial charge in [0.15, 0.2) is 5.78 Å². The molecule has 1 N–H and O–H groups in total. The molecule has 0 bridgehead atoms. The van der Waals surface area contributed by atoms with E-state index in [1.54, 1.807) is 23.9 Å². The molecule has 0 heterocycles. The van der Waals surface area contributed by atoms with Gasteiger partial charge in [0.25, 0.3) is 0 Å². The van der Waals surface area contributed by atoms with Crippen LogP contribution in [0.1, 0.15) is 37.7 Å². The lowest BCUT2D eigenvalue weighted by Crippen LogP contribution is -2.11. The minimum Gasteiger partial charge on any atom is -0.508 e. The molecule has 0 saturated heterocycles. The molecular formula is C17H24O4S. The molecule has 1 rings (SSSR count). The van der Waals surface area contributed by atoms with Crippen LogP contribution in [-0.4, -0.2) is 35.5 Å². The predicted molar refractivity (Wildman–Crippen MR) is 89.2 cm³/mol. The third kappa shape index (κ3) is 8.72. The van der Waals surface area contributed by atoms with Gasteiger partial charge in [-0.3, -0.25) is 9.59 Å². The number of unbranched alkanes of at least 4 members (excludes halogenated alkanes) is 3. The second-order valence-corrected chi connectivity index (χ2v) is 6.28. The van der Waals surface area contributed by atoms with Crippen molar-refractivity contribution in [2.45, 2.75) is 38.5 Å². The van der Waals surface area contributed by atoms with E-state index >= 15 is 0 Å². The van der Waals surface area contributed by atoms with Crippen LogP contribution >= 0.6 is 11.8 Å². The van der Waals surface area contributed by atoms with Gasteiger partial charge >= 0.3 is 5.97 Å². The molecule has 1 aromatic carbocycles. The minimum atomic E-state index is -0.458. The number of Topliss-reactive ketones (excluding diaryl/α,β-unsaturated/α-hetero) is 1. The lowest BCUT2D eigenvalue weighted by molar-refractivity contribution is -0.142. The summed E-state index contributed by atoms with van der Waals surface area (Å²) in [6, 6.07) is 7.35. The van der Waals surface area contributed by atoms with Crippen LogP contribution in [0.4, 0.5) is 0 Å². The predicted octanol–water partition coefficient (Wildman–Crippen LogP) is 3.36. The summed E-state index contributed by atoms with van der Waals surface area (Å²) >= 11 is 1.58. The van der Waals surface area contributed by atoms with Crippen molar-refractivity contribution in [2.75, 3.05) is 18.6 Å². The number of ketones is 1. The zero-order valence-electron chi connectivity index (χ0n) is 13.0. The molecule has 0 aliphatic rings. The van der Waals surface area contributed by atoms with Gasteiger partial charge < -0.3 is 9.84 Å². The number of esters is 1. The van der Waals surface area contributed by atoms with Gasteiger partial charge in [-0.15, -0.1) is 0 Å². The second kappa shape index (κ2) is 11.1. The third-order valence-electron chi connectivity index (χ3n) is 3.27. The maximum atomic E-state index is 11.4. The van der Waals surface area contributed by atoms with E-state index < -0.39 is 5.97 Å². The Balaban J connectivity index is 1.94. The van der Waals surface area contributed by atoms with Crippen molar-refractivity contribution in [2.24, 2.45) is 0 Å². The first kappa shape index (κ1) is 18.6. The Morgan fingerprint density at radius 3 is 2.45 bits per heavy atom. The number of aryl methyl sites for hydroxylation is 1. The lowest BCUT2D eigenvalue weighted by atomic mass is 10.1. The van der Waals surface area contributed by atoms with E-state index in [1.807, 2.05) is 12.1 Å². The Kier molecular flexibility index (Phi) is 9.39. The summed E-state index contributed by atoms with van der Waals surface area (Å²) in [5.41, 5.74) is 1.25. The second-order valence-electron chi connectivity index (χ2n) is 5.17. The minimum absolute atomic E-state index is 0.0656. The molecule has 0 aliphatic carbocycles. The molecule has 122 valence electrons. The first-order valence-corrected chi connectivity index (χ1v) is 8.71. The monoisotopic (exact) mass is 324 g/mol. The Labute approximate surface area is 136 Å². The molecule has 0 unspecified atom stereocenters. The van der Waals surface area contributed by atoms with Gasteiger partial charge in [0.05, 0.1) is 12.9 Å². The number of phenols is 1. The van der Waals surface area contributed by atoms with E-state index in [4.69, 9.17) is 0 Å². The first-order chi connectivity index (χ1) is 10.6. The highest BCUT2D eigenvalue weighted by Gasteiger charge is 2.08. The van der Waals surface area contributed by atoms with Crippen LogP contribution in [0.3, 0.4) is 0 Å². The topological polar surface area (TPSA) is 63.6 Å². The molecular weight excluding hydrogens is 300 g/mol. The number of methoxy groups -OCH3 is 1. The van der Waals surface area contributed by atoms with Gasteiger partial charge in [-0.25, -0.2) is 0 Å². The van der Waals surface area contributed by atoms with E-state index in [1.165, 1.54) is 12.7 Å². The van der Waals surface area contributed by atoms with Gasteiger partial charge in [0.1, 0.15) is 12.2 Å². The maximum absolute atomic E-state index is 11.4. The summed E-state index contributed by atoms with van der Waals surface area (Å²) in [4.78, 5) is 22.3. The van der Waals surface area contributed by atoms with Crippen LogP contribution in [0.5, 0.6) is 5.75 Å². The Bertz CT molecular complexity index is 456. The Morgan fingerprint density at radius 2 is 1.77 bits per heavy atom. The number of hydrogen-bond acceptors (Lipinski definition) is 5. The van der Waals surface area contributed by atoms with Crippen molar-refractivity contribution in [3.05, 3.63) is 29.8 Å². The Hall–Kier alpha value is -1.49. The smallest absolute Gasteiger partial charge is 0.313 e. The molecule has 22 heavy (non-hydrogen) atoms. The highest BCUT2D eigenvalue weighted by molar-refractivity contribution is 7.99. The molecule has 0 fully saturated rings. The summed E-state index contributed by atoms with van der Waals surface area (Å²) in [5.74, 6) is 1.13. The number of benzene rings is 1. The van der Waals surface area contributed by atoms with Crippen molar-refractivity contribution >= 4 is 23.5 Å². The van der Waals surface area contributed by atoms with Crippen LogP contribution in [0.25, 0.3) is 0 Å². The van der Waals surface area contributed by atoms with E-state index in [2.05, 4.69) is 4.74 Å². The lowest BCUT2D eigenvalue weighted by Gasteiger charge is -2.03. The molecule has 0 radical (unpaired) electrons. The summed E-state index contributed by atoms with van der Waals surface area (Å²) in [7, 11) is 1.29. The molecule has 0 atom stereocenters. The first-order valence-electron chi connectivity index (χ1n) is 7.56. The zero-order valence-corrected chi connectivity index (χ0v) is 13.9. The fourth-order valence-corrected chi connectivity index (χ4v) is 2.90. The molecule has 0 aromatic heterocycles. The van der Waals surface area contributed by atoms with Crippen LogP contribution < -0.4 is 0 Å². The SMILES string of the molecule is COC(=O)CC(=O)CSCCCCCCc1ccc(O)cc1. The van der Waals surface area contributed by atoms with Gasteiger partial charge in [-0.2, -0.15) is 11.8 Å². The number of rotatable bonds is 11. The van der Waals surface area contributed by atoms with Crippen LogP contribution in [-0.2, 0) is 20.7 Å². The van der Waals surface area contributed by atoms with E-state index in [9.17, 15) is 14.7 Å². The molecule has 0 amide bonds. The van der Waals surface area contributed by atoms with Crippen LogP contribution in [0.2, 0.25) is 0 Å². The molecule has 0 spiro atoms. The van der Waals surface area contributed by atoms with E-state index in [0.717, 1.165) is 37.9 Å². The van der Waals surface area contributed by atoms with Crippen molar-refractivity contribution in [3.8, 4) is 5.75 Å². The average molecular weight is 324 g/mol. The number of thioether (sulfide) groups is 1. The standard InChI is InChI=1S/C17H24O4S/c1-21-17(20)12-16(19)13-22-11-5-3-2-4-6-14-7-9-15(18)10-8-14/h7-10,18H,2-6,11-13H2,1H3. The van der Waals surface area contributed by atoms with Gasteiger partial charge in [0.2, 0.25) is 0 Å². The van der Waals surface area contributed by atoms with Crippen molar-refractivity contribution in [1.82, 2.24) is 0 Å². The van der Waals surface area contributed by atoms with Gasteiger partial charge in [0, 0.05) is 0 Å². The zero-order chi connectivity index (χ0) is 16.2. The molecule has 0 saturated carbocycles. The number of ether oxygens (including phenoxy) is 1. The van der Waals surface area contributed by atoms with Crippen LogP contribution in [0, 0.1) is 0 Å². The van der Waals surface area contributed by atoms with Crippen molar-refractivity contribution < 1.29 is 19.4 Å². The fourth-order valence-electron chi connectivity index (χ4n) is 2.02. The number of phenolic OH excluding ortho intramolecular Hbond substituents is 1. The number of carbonyl (C=O) groups excluding carboxylic acids is 2. The van der Waals surface area contributed by atoms with E-state index in [0.29, 0.717) is 11.5 Å². The molecule has 5 heteroatoms.